The molecule has 2 atom stereocenters. The number of aliphatic hydroxyl groups excluding tert-OH is 1. The number of morpholine rings is 1. The van der Waals surface area contributed by atoms with Crippen molar-refractivity contribution in [1.82, 2.24) is 4.98 Å². The van der Waals surface area contributed by atoms with E-state index in [0.29, 0.717) is 36.6 Å². The van der Waals surface area contributed by atoms with E-state index in [0.717, 1.165) is 43.4 Å². The molecule has 132 valence electrons. The first-order chi connectivity index (χ1) is 12.2. The standard InChI is InChI=1S/C19H24N4O2/c1-13(24)18-12-23(8-9-25-18)19-16(11-21)15(10-20)14-6-4-2-3-5-7-17(14)22-19/h13,18,24H,2-9,12H2,1H3. The summed E-state index contributed by atoms with van der Waals surface area (Å²) in [5, 5.41) is 29.3. The smallest absolute Gasteiger partial charge is 0.148 e. The maximum Gasteiger partial charge on any atom is 0.148 e. The van der Waals surface area contributed by atoms with Crippen LogP contribution < -0.4 is 4.90 Å². The van der Waals surface area contributed by atoms with Gasteiger partial charge in [0.05, 0.1) is 18.3 Å². The highest BCUT2D eigenvalue weighted by Gasteiger charge is 2.29. The van der Waals surface area contributed by atoms with Gasteiger partial charge in [0.15, 0.2) is 0 Å². The molecule has 6 heteroatoms. The van der Waals surface area contributed by atoms with Crippen molar-refractivity contribution in [2.75, 3.05) is 24.6 Å². The molecule has 0 bridgehead atoms. The van der Waals surface area contributed by atoms with Gasteiger partial charge >= 0.3 is 0 Å². The minimum Gasteiger partial charge on any atom is -0.391 e. The fraction of sp³-hybridized carbons (Fsp3) is 0.632. The molecule has 1 aliphatic heterocycles. The molecule has 1 aliphatic carbocycles. The summed E-state index contributed by atoms with van der Waals surface area (Å²) in [6.07, 6.45) is 5.22. The third-order valence-electron chi connectivity index (χ3n) is 5.11. The molecule has 2 heterocycles. The van der Waals surface area contributed by atoms with E-state index in [2.05, 4.69) is 12.1 Å². The van der Waals surface area contributed by atoms with Crippen LogP contribution in [0.2, 0.25) is 0 Å². The van der Waals surface area contributed by atoms with Crippen molar-refractivity contribution in [3.8, 4) is 12.1 Å². The van der Waals surface area contributed by atoms with E-state index in [9.17, 15) is 15.6 Å². The van der Waals surface area contributed by atoms with Gasteiger partial charge < -0.3 is 14.7 Å². The Hall–Kier alpha value is -2.15. The molecular weight excluding hydrogens is 316 g/mol. The highest BCUT2D eigenvalue weighted by molar-refractivity contribution is 5.65. The minimum absolute atomic E-state index is 0.311. The predicted octanol–water partition coefficient (Wildman–Crippen LogP) is 2.07. The first-order valence-electron chi connectivity index (χ1n) is 9.06. The maximum absolute atomic E-state index is 9.84. The van der Waals surface area contributed by atoms with E-state index in [1.165, 1.54) is 6.42 Å². The zero-order valence-electron chi connectivity index (χ0n) is 14.7. The van der Waals surface area contributed by atoms with E-state index in [1.807, 2.05) is 4.90 Å². The highest BCUT2D eigenvalue weighted by atomic mass is 16.5. The van der Waals surface area contributed by atoms with Crippen LogP contribution in [0.4, 0.5) is 5.82 Å². The molecule has 2 aliphatic rings. The fourth-order valence-corrected chi connectivity index (χ4v) is 3.70. The fourth-order valence-electron chi connectivity index (χ4n) is 3.70. The van der Waals surface area contributed by atoms with Gasteiger partial charge in [-0.2, -0.15) is 10.5 Å². The summed E-state index contributed by atoms with van der Waals surface area (Å²) in [6, 6.07) is 4.48. The number of rotatable bonds is 2. The van der Waals surface area contributed by atoms with Gasteiger partial charge in [-0.3, -0.25) is 0 Å². The maximum atomic E-state index is 9.84. The number of hydrogen-bond acceptors (Lipinski definition) is 6. The number of nitrogens with zero attached hydrogens (tertiary/aromatic N) is 4. The molecule has 25 heavy (non-hydrogen) atoms. The van der Waals surface area contributed by atoms with Crippen LogP contribution in [0.15, 0.2) is 0 Å². The predicted molar refractivity (Wildman–Crippen MR) is 93.2 cm³/mol. The first-order valence-corrected chi connectivity index (χ1v) is 9.06. The third kappa shape index (κ3) is 3.61. The van der Waals surface area contributed by atoms with Crippen LogP contribution in [-0.2, 0) is 17.6 Å². The van der Waals surface area contributed by atoms with E-state index in [4.69, 9.17) is 9.72 Å². The topological polar surface area (TPSA) is 93.2 Å². The summed E-state index contributed by atoms with van der Waals surface area (Å²) in [6.45, 7) is 3.26. The van der Waals surface area contributed by atoms with Gasteiger partial charge in [-0.1, -0.05) is 12.8 Å². The lowest BCUT2D eigenvalue weighted by molar-refractivity contribution is -0.0366. The summed E-state index contributed by atoms with van der Waals surface area (Å²) in [5.41, 5.74) is 2.78. The minimum atomic E-state index is -0.590. The molecule has 0 amide bonds. The molecule has 0 saturated carbocycles. The van der Waals surface area contributed by atoms with Gasteiger partial charge in [0.1, 0.15) is 29.6 Å². The van der Waals surface area contributed by atoms with E-state index < -0.39 is 6.10 Å². The van der Waals surface area contributed by atoms with Crippen LogP contribution in [0.25, 0.3) is 0 Å². The summed E-state index contributed by atoms with van der Waals surface area (Å²) in [7, 11) is 0. The Morgan fingerprint density at radius 3 is 2.56 bits per heavy atom. The van der Waals surface area contributed by atoms with E-state index in [1.54, 1.807) is 6.92 Å². The zero-order chi connectivity index (χ0) is 17.8. The molecule has 1 N–H and O–H groups in total. The van der Waals surface area contributed by atoms with Crippen molar-refractivity contribution in [2.45, 2.75) is 57.7 Å². The van der Waals surface area contributed by atoms with Crippen molar-refractivity contribution in [1.29, 1.82) is 10.5 Å². The van der Waals surface area contributed by atoms with Gasteiger partial charge in [0.2, 0.25) is 0 Å². The van der Waals surface area contributed by atoms with E-state index in [-0.39, 0.29) is 6.10 Å². The van der Waals surface area contributed by atoms with Gasteiger partial charge in [-0.15, -0.1) is 0 Å². The zero-order valence-corrected chi connectivity index (χ0v) is 14.7. The third-order valence-corrected chi connectivity index (χ3v) is 5.11. The lowest BCUT2D eigenvalue weighted by Crippen LogP contribution is -2.47. The van der Waals surface area contributed by atoms with Crippen LogP contribution in [0.5, 0.6) is 0 Å². The Balaban J connectivity index is 2.05. The van der Waals surface area contributed by atoms with Gasteiger partial charge in [0.25, 0.3) is 0 Å². The number of aromatic nitrogens is 1. The Bertz CT molecular complexity index is 718. The Morgan fingerprint density at radius 1 is 1.16 bits per heavy atom. The molecule has 1 saturated heterocycles. The van der Waals surface area contributed by atoms with Gasteiger partial charge in [0, 0.05) is 18.8 Å². The van der Waals surface area contributed by atoms with E-state index >= 15 is 0 Å². The van der Waals surface area contributed by atoms with Gasteiger partial charge in [-0.05, 0) is 38.2 Å². The second kappa shape index (κ2) is 7.82. The SMILES string of the molecule is CC(O)C1CN(c2nc3c(c(C#N)c2C#N)CCCCCC3)CCO1. The Labute approximate surface area is 148 Å². The summed E-state index contributed by atoms with van der Waals surface area (Å²) in [4.78, 5) is 6.81. The number of anilines is 1. The molecule has 1 aromatic heterocycles. The van der Waals surface area contributed by atoms with Crippen molar-refractivity contribution in [3.63, 3.8) is 0 Å². The quantitative estimate of drug-likeness (QED) is 0.886. The number of hydrogen-bond donors (Lipinski definition) is 1. The van der Waals surface area contributed by atoms with Crippen LogP contribution in [0.1, 0.15) is 55.0 Å². The molecule has 0 aromatic carbocycles. The molecule has 0 radical (unpaired) electrons. The molecular formula is C19H24N4O2. The second-order valence-electron chi connectivity index (χ2n) is 6.84. The summed E-state index contributed by atoms with van der Waals surface area (Å²) >= 11 is 0. The number of fused-ring (bicyclic) bond motifs is 1. The normalized spacial score (nSPS) is 22.1. The first kappa shape index (κ1) is 17.7. The monoisotopic (exact) mass is 340 g/mol. The number of aliphatic hydroxyl groups is 1. The number of aryl methyl sites for hydroxylation is 1. The molecule has 1 aromatic rings. The summed E-state index contributed by atoms with van der Waals surface area (Å²) in [5.74, 6) is 0.576. The van der Waals surface area contributed by atoms with Crippen molar-refractivity contribution < 1.29 is 9.84 Å². The van der Waals surface area contributed by atoms with Crippen molar-refractivity contribution in [2.24, 2.45) is 0 Å². The van der Waals surface area contributed by atoms with Gasteiger partial charge in [-0.25, -0.2) is 4.98 Å². The molecule has 2 unspecified atom stereocenters. The molecule has 1 fully saturated rings. The number of ether oxygens (including phenoxy) is 1. The van der Waals surface area contributed by atoms with Crippen LogP contribution in [-0.4, -0.2) is 42.0 Å². The largest absolute Gasteiger partial charge is 0.391 e. The Morgan fingerprint density at radius 2 is 1.88 bits per heavy atom. The van der Waals surface area contributed by atoms with Crippen LogP contribution in [0, 0.1) is 22.7 Å². The van der Waals surface area contributed by atoms with Crippen LogP contribution >= 0.6 is 0 Å². The lowest BCUT2D eigenvalue weighted by atomic mass is 9.91. The summed E-state index contributed by atoms with van der Waals surface area (Å²) < 4.78 is 5.60. The molecule has 6 nitrogen and oxygen atoms in total. The van der Waals surface area contributed by atoms with Crippen molar-refractivity contribution >= 4 is 5.82 Å². The lowest BCUT2D eigenvalue weighted by Gasteiger charge is -2.36. The highest BCUT2D eigenvalue weighted by Crippen LogP contribution is 2.31. The van der Waals surface area contributed by atoms with Crippen LogP contribution in [0.3, 0.4) is 0 Å². The molecule has 0 spiro atoms. The average Bonchev–Trinajstić information content (AvgIpc) is 2.61. The van der Waals surface area contributed by atoms with Crippen molar-refractivity contribution in [3.05, 3.63) is 22.4 Å². The number of nitriles is 2. The average molecular weight is 340 g/mol. The molecule has 3 rings (SSSR count). The number of pyridine rings is 1. The Kier molecular flexibility index (Phi) is 5.53. The second-order valence-corrected chi connectivity index (χ2v) is 6.84.